The predicted octanol–water partition coefficient (Wildman–Crippen LogP) is 3.88. The fourth-order valence-electron chi connectivity index (χ4n) is 3.07. The Morgan fingerprint density at radius 2 is 1.84 bits per heavy atom. The van der Waals surface area contributed by atoms with Crippen LogP contribution >= 0.6 is 0 Å². The van der Waals surface area contributed by atoms with E-state index in [1.807, 2.05) is 0 Å². The van der Waals surface area contributed by atoms with Crippen LogP contribution < -0.4 is 11.5 Å². The minimum atomic E-state index is 0.365. The molecule has 0 bridgehead atoms. The molecule has 1 aliphatic carbocycles. The molecular formula is C17H28N2. The molecule has 1 rings (SSSR count). The van der Waals surface area contributed by atoms with Crippen LogP contribution in [0.3, 0.4) is 0 Å². The maximum Gasteiger partial charge on any atom is 0.0279 e. The van der Waals surface area contributed by atoms with Gasteiger partial charge in [0.1, 0.15) is 0 Å². The van der Waals surface area contributed by atoms with Crippen LogP contribution in [0.5, 0.6) is 0 Å². The topological polar surface area (TPSA) is 52.0 Å². The second-order valence-electron chi connectivity index (χ2n) is 5.21. The molecular weight excluding hydrogens is 232 g/mol. The highest BCUT2D eigenvalue weighted by Gasteiger charge is 2.28. The summed E-state index contributed by atoms with van der Waals surface area (Å²) in [5.74, 6) is 1.22. The fourth-order valence-corrected chi connectivity index (χ4v) is 3.07. The van der Waals surface area contributed by atoms with E-state index in [1.54, 1.807) is 6.20 Å². The van der Waals surface area contributed by atoms with E-state index in [0.29, 0.717) is 23.5 Å². The predicted molar refractivity (Wildman–Crippen MR) is 84.2 cm³/mol. The molecule has 0 aliphatic heterocycles. The second-order valence-corrected chi connectivity index (χ2v) is 5.21. The first kappa shape index (κ1) is 15.6. The lowest BCUT2D eigenvalue weighted by atomic mass is 9.73. The molecule has 2 nitrogen and oxygen atoms in total. The highest BCUT2D eigenvalue weighted by molar-refractivity contribution is 5.43. The third-order valence-corrected chi connectivity index (χ3v) is 4.07. The van der Waals surface area contributed by atoms with Crippen LogP contribution in [-0.2, 0) is 0 Å². The van der Waals surface area contributed by atoms with Gasteiger partial charge in [-0.25, -0.2) is 0 Å². The summed E-state index contributed by atoms with van der Waals surface area (Å²) in [7, 11) is 0. The van der Waals surface area contributed by atoms with Gasteiger partial charge in [0.2, 0.25) is 0 Å². The van der Waals surface area contributed by atoms with Crippen LogP contribution in [0.2, 0.25) is 0 Å². The molecule has 0 aromatic rings. The first-order valence-corrected chi connectivity index (χ1v) is 7.35. The van der Waals surface area contributed by atoms with Gasteiger partial charge in [-0.15, -0.1) is 0 Å². The summed E-state index contributed by atoms with van der Waals surface area (Å²) in [6, 6.07) is 0. The molecule has 3 atom stereocenters. The number of rotatable bonds is 6. The molecule has 0 aromatic carbocycles. The van der Waals surface area contributed by atoms with Gasteiger partial charge in [-0.2, -0.15) is 0 Å². The molecule has 0 spiro atoms. The highest BCUT2D eigenvalue weighted by atomic mass is 14.6. The Balaban J connectivity index is 3.36. The van der Waals surface area contributed by atoms with Gasteiger partial charge < -0.3 is 11.5 Å². The van der Waals surface area contributed by atoms with E-state index >= 15 is 0 Å². The first-order chi connectivity index (χ1) is 9.10. The SMILES string of the molecule is C=C(N)C1=C(C(/C=C\N)CC)C(CC)C=CC1CC. The molecule has 0 amide bonds. The molecule has 0 aromatic heterocycles. The van der Waals surface area contributed by atoms with E-state index in [-0.39, 0.29) is 0 Å². The third kappa shape index (κ3) is 3.31. The van der Waals surface area contributed by atoms with E-state index in [2.05, 4.69) is 45.6 Å². The zero-order valence-electron chi connectivity index (χ0n) is 12.5. The van der Waals surface area contributed by atoms with Crippen LogP contribution in [0.15, 0.2) is 47.9 Å². The summed E-state index contributed by atoms with van der Waals surface area (Å²) < 4.78 is 0. The van der Waals surface area contributed by atoms with Gasteiger partial charge in [-0.3, -0.25) is 0 Å². The summed E-state index contributed by atoms with van der Waals surface area (Å²) in [5.41, 5.74) is 15.1. The van der Waals surface area contributed by atoms with Crippen molar-refractivity contribution in [3.8, 4) is 0 Å². The molecule has 0 saturated heterocycles. The molecule has 2 heteroatoms. The number of allylic oxidation sites excluding steroid dienone is 5. The van der Waals surface area contributed by atoms with Gasteiger partial charge in [-0.05, 0) is 37.0 Å². The fraction of sp³-hybridized carbons (Fsp3) is 0.529. The van der Waals surface area contributed by atoms with Crippen LogP contribution in [-0.4, -0.2) is 0 Å². The van der Waals surface area contributed by atoms with Crippen LogP contribution in [0.4, 0.5) is 0 Å². The molecule has 19 heavy (non-hydrogen) atoms. The summed E-state index contributed by atoms with van der Waals surface area (Å²) in [4.78, 5) is 0. The van der Waals surface area contributed by atoms with Crippen molar-refractivity contribution in [3.05, 3.63) is 47.9 Å². The van der Waals surface area contributed by atoms with Crippen molar-refractivity contribution in [3.63, 3.8) is 0 Å². The maximum absolute atomic E-state index is 6.09. The van der Waals surface area contributed by atoms with Crippen molar-refractivity contribution in [1.82, 2.24) is 0 Å². The average Bonchev–Trinajstić information content (AvgIpc) is 2.42. The highest BCUT2D eigenvalue weighted by Crippen LogP contribution is 2.40. The minimum absolute atomic E-state index is 0.365. The van der Waals surface area contributed by atoms with E-state index < -0.39 is 0 Å². The molecule has 0 heterocycles. The standard InChI is InChI=1S/C17H28N2/c1-5-13-8-9-14(6-2)17(16(13)12(4)19)15(7-3)10-11-18/h8-11,13-15H,4-7,18-19H2,1-3H3/b11-10-. The van der Waals surface area contributed by atoms with Gasteiger partial charge in [-0.1, -0.05) is 51.2 Å². The Kier molecular flexibility index (Phi) is 5.94. The Bertz CT molecular complexity index is 401. The monoisotopic (exact) mass is 260 g/mol. The zero-order valence-corrected chi connectivity index (χ0v) is 12.5. The van der Waals surface area contributed by atoms with Crippen LogP contribution in [0.25, 0.3) is 0 Å². The van der Waals surface area contributed by atoms with Crippen molar-refractivity contribution < 1.29 is 0 Å². The summed E-state index contributed by atoms with van der Waals surface area (Å²) in [5, 5.41) is 0. The van der Waals surface area contributed by atoms with Gasteiger partial charge >= 0.3 is 0 Å². The lowest BCUT2D eigenvalue weighted by molar-refractivity contribution is 0.551. The lowest BCUT2D eigenvalue weighted by Gasteiger charge is -2.33. The van der Waals surface area contributed by atoms with E-state index in [4.69, 9.17) is 11.5 Å². The molecule has 4 N–H and O–H groups in total. The lowest BCUT2D eigenvalue weighted by Crippen LogP contribution is -2.23. The van der Waals surface area contributed by atoms with Gasteiger partial charge in [0.25, 0.3) is 0 Å². The van der Waals surface area contributed by atoms with Gasteiger partial charge in [0.05, 0.1) is 0 Å². The second kappa shape index (κ2) is 7.22. The third-order valence-electron chi connectivity index (χ3n) is 4.07. The minimum Gasteiger partial charge on any atom is -0.405 e. The number of hydrogen-bond acceptors (Lipinski definition) is 2. The normalized spacial score (nSPS) is 25.0. The van der Waals surface area contributed by atoms with Crippen molar-refractivity contribution >= 4 is 0 Å². The molecule has 106 valence electrons. The molecule has 0 radical (unpaired) electrons. The maximum atomic E-state index is 6.09. The number of hydrogen-bond donors (Lipinski definition) is 2. The van der Waals surface area contributed by atoms with Gasteiger partial charge in [0, 0.05) is 17.5 Å². The Morgan fingerprint density at radius 3 is 2.26 bits per heavy atom. The zero-order chi connectivity index (χ0) is 14.4. The molecule has 0 fully saturated rings. The summed E-state index contributed by atoms with van der Waals surface area (Å²) >= 11 is 0. The largest absolute Gasteiger partial charge is 0.405 e. The van der Waals surface area contributed by atoms with Crippen molar-refractivity contribution in [2.24, 2.45) is 29.2 Å². The van der Waals surface area contributed by atoms with E-state index in [0.717, 1.165) is 19.3 Å². The van der Waals surface area contributed by atoms with E-state index in [1.165, 1.54) is 11.1 Å². The summed E-state index contributed by atoms with van der Waals surface area (Å²) in [6.07, 6.45) is 11.6. The Hall–Kier alpha value is -1.44. The summed E-state index contributed by atoms with van der Waals surface area (Å²) in [6.45, 7) is 10.6. The number of nitrogens with two attached hydrogens (primary N) is 2. The van der Waals surface area contributed by atoms with Gasteiger partial charge in [0.15, 0.2) is 0 Å². The smallest absolute Gasteiger partial charge is 0.0279 e. The quantitative estimate of drug-likeness (QED) is 0.712. The van der Waals surface area contributed by atoms with E-state index in [9.17, 15) is 0 Å². The van der Waals surface area contributed by atoms with Crippen molar-refractivity contribution in [2.75, 3.05) is 0 Å². The average molecular weight is 260 g/mol. The van der Waals surface area contributed by atoms with Crippen LogP contribution in [0.1, 0.15) is 40.0 Å². The molecule has 1 aliphatic rings. The Labute approximate surface area is 117 Å². The first-order valence-electron chi connectivity index (χ1n) is 7.35. The Morgan fingerprint density at radius 1 is 1.26 bits per heavy atom. The van der Waals surface area contributed by atoms with Crippen molar-refractivity contribution in [1.29, 1.82) is 0 Å². The molecule has 3 unspecified atom stereocenters. The van der Waals surface area contributed by atoms with Crippen LogP contribution in [0, 0.1) is 17.8 Å². The molecule has 0 saturated carbocycles. The van der Waals surface area contributed by atoms with Crippen molar-refractivity contribution in [2.45, 2.75) is 40.0 Å².